The third-order valence-electron chi connectivity index (χ3n) is 9.97. The first-order valence-corrected chi connectivity index (χ1v) is 16.0. The van der Waals surface area contributed by atoms with E-state index in [0.29, 0.717) is 0 Å². The zero-order chi connectivity index (χ0) is 30.2. The van der Waals surface area contributed by atoms with Crippen LogP contribution >= 0.6 is 0 Å². The molecule has 0 heteroatoms. The molecule has 212 valence electrons. The Morgan fingerprint density at radius 3 is 0.957 bits per heavy atom. The normalized spacial score (nSPS) is 12.7. The Morgan fingerprint density at radius 2 is 0.565 bits per heavy atom. The van der Waals surface area contributed by atoms with Gasteiger partial charge in [0, 0.05) is 0 Å². The molecule has 0 unspecified atom stereocenters. The first-order valence-electron chi connectivity index (χ1n) is 16.0. The number of rotatable bonds is 4. The Hall–Kier alpha value is -5.98. The van der Waals surface area contributed by atoms with Crippen LogP contribution in [0.3, 0.4) is 0 Å². The van der Waals surface area contributed by atoms with Gasteiger partial charge in [-0.3, -0.25) is 0 Å². The molecular formula is C46H28. The first-order chi connectivity index (χ1) is 22.8. The summed E-state index contributed by atoms with van der Waals surface area (Å²) in [5, 5.41) is 15.6. The van der Waals surface area contributed by atoms with Crippen molar-refractivity contribution in [3.05, 3.63) is 192 Å². The molecule has 10 rings (SSSR count). The first kappa shape index (κ1) is 25.4. The summed E-state index contributed by atoms with van der Waals surface area (Å²) in [7, 11) is 0. The van der Waals surface area contributed by atoms with Crippen molar-refractivity contribution in [2.45, 2.75) is 0 Å². The van der Waals surface area contributed by atoms with E-state index < -0.39 is 0 Å². The van der Waals surface area contributed by atoms with Crippen molar-refractivity contribution in [1.82, 2.24) is 0 Å². The van der Waals surface area contributed by atoms with Crippen LogP contribution in [0.4, 0.5) is 0 Å². The maximum atomic E-state index is 2.35. The van der Waals surface area contributed by atoms with Crippen LogP contribution in [0, 0.1) is 0 Å². The van der Waals surface area contributed by atoms with Crippen LogP contribution in [0.2, 0.25) is 0 Å². The van der Waals surface area contributed by atoms with Gasteiger partial charge in [0.05, 0.1) is 0 Å². The molecule has 0 aliphatic heterocycles. The maximum absolute atomic E-state index is 2.35. The van der Waals surface area contributed by atoms with Gasteiger partial charge in [0.15, 0.2) is 0 Å². The molecule has 46 heavy (non-hydrogen) atoms. The van der Waals surface area contributed by atoms with E-state index in [9.17, 15) is 0 Å². The number of hydrogen-bond donors (Lipinski definition) is 0. The highest BCUT2D eigenvalue weighted by Crippen LogP contribution is 2.46. The molecule has 0 nitrogen and oxygen atoms in total. The molecule has 0 heterocycles. The van der Waals surface area contributed by atoms with Crippen molar-refractivity contribution in [3.8, 4) is 0 Å². The van der Waals surface area contributed by atoms with Crippen molar-refractivity contribution in [1.29, 1.82) is 0 Å². The summed E-state index contributed by atoms with van der Waals surface area (Å²) in [6, 6.07) is 63.0. The molecule has 0 saturated carbocycles. The Morgan fingerprint density at radius 1 is 0.239 bits per heavy atom. The van der Waals surface area contributed by atoms with E-state index in [1.54, 1.807) is 0 Å². The lowest BCUT2D eigenvalue weighted by Crippen LogP contribution is -2.00. The number of benzene rings is 10. The summed E-state index contributed by atoms with van der Waals surface area (Å²) in [5.41, 5.74) is 7.42. The Labute approximate surface area is 267 Å². The van der Waals surface area contributed by atoms with Gasteiger partial charge in [0.25, 0.3) is 0 Å². The summed E-state index contributed by atoms with van der Waals surface area (Å²) in [6.07, 6.45) is 0. The predicted octanol–water partition coefficient (Wildman–Crippen LogP) is 12.5. The molecule has 0 spiro atoms. The highest BCUT2D eigenvalue weighted by molar-refractivity contribution is 6.28. The zero-order valence-electron chi connectivity index (χ0n) is 25.2. The second-order valence-corrected chi connectivity index (χ2v) is 12.4. The Balaban J connectivity index is 1.41. The van der Waals surface area contributed by atoms with Gasteiger partial charge in [-0.2, -0.15) is 0 Å². The summed E-state index contributed by atoms with van der Waals surface area (Å²) in [5.74, 6) is 0. The summed E-state index contributed by atoms with van der Waals surface area (Å²) < 4.78 is 0. The van der Waals surface area contributed by atoms with E-state index in [2.05, 4.69) is 170 Å². The van der Waals surface area contributed by atoms with Gasteiger partial charge in [-0.15, -0.1) is 0 Å². The predicted molar refractivity (Wildman–Crippen MR) is 198 cm³/mol. The molecule has 0 N–H and O–H groups in total. The smallest absolute Gasteiger partial charge is 0.00203 e. The molecular weight excluding hydrogens is 553 g/mol. The lowest BCUT2D eigenvalue weighted by molar-refractivity contribution is 1.54. The van der Waals surface area contributed by atoms with Crippen LogP contribution in [0.25, 0.3) is 75.8 Å². The van der Waals surface area contributed by atoms with Crippen molar-refractivity contribution in [2.75, 3.05) is 0 Å². The van der Waals surface area contributed by atoms with Crippen LogP contribution in [0.15, 0.2) is 170 Å². The average molecular weight is 581 g/mol. The van der Waals surface area contributed by atoms with Gasteiger partial charge in [0.1, 0.15) is 0 Å². The van der Waals surface area contributed by atoms with Crippen LogP contribution in [0.1, 0.15) is 22.3 Å². The molecule has 10 aromatic rings. The average Bonchev–Trinajstić information content (AvgIpc) is 3.13. The zero-order valence-corrected chi connectivity index (χ0v) is 25.2. The molecule has 0 aromatic heterocycles. The third kappa shape index (κ3) is 3.62. The highest BCUT2D eigenvalue weighted by atomic mass is 14.2. The quantitative estimate of drug-likeness (QED) is 0.143. The van der Waals surface area contributed by atoms with Crippen LogP contribution in [-0.2, 0) is 0 Å². The lowest BCUT2D eigenvalue weighted by Gasteiger charge is -2.22. The molecule has 0 fully saturated rings. The van der Waals surface area contributed by atoms with Gasteiger partial charge in [-0.25, -0.2) is 0 Å². The third-order valence-corrected chi connectivity index (χ3v) is 9.97. The van der Waals surface area contributed by atoms with Crippen molar-refractivity contribution < 1.29 is 0 Å². The summed E-state index contributed by atoms with van der Waals surface area (Å²) in [4.78, 5) is 0. The van der Waals surface area contributed by atoms with E-state index >= 15 is 0 Å². The summed E-state index contributed by atoms with van der Waals surface area (Å²) >= 11 is 0. The highest BCUT2D eigenvalue weighted by Gasteiger charge is 2.22. The van der Waals surface area contributed by atoms with E-state index in [1.807, 2.05) is 0 Å². The molecule has 0 aliphatic rings. The van der Waals surface area contributed by atoms with Gasteiger partial charge in [-0.05, 0) is 98.0 Å². The Kier molecular flexibility index (Phi) is 5.38. The minimum absolute atomic E-state index is 1.21. The van der Waals surface area contributed by atoms with Gasteiger partial charge in [-0.1, -0.05) is 170 Å². The molecule has 10 aromatic carbocycles. The molecule has 0 aliphatic carbocycles. The van der Waals surface area contributed by atoms with Gasteiger partial charge < -0.3 is 0 Å². The topological polar surface area (TPSA) is 0 Å². The fourth-order valence-electron chi connectivity index (χ4n) is 7.99. The molecule has 0 amide bonds. The van der Waals surface area contributed by atoms with E-state index in [0.717, 1.165) is 0 Å². The largest absolute Gasteiger partial charge is 0.0622 e. The van der Waals surface area contributed by atoms with E-state index in [1.165, 1.54) is 98.0 Å². The van der Waals surface area contributed by atoms with E-state index in [4.69, 9.17) is 0 Å². The molecule has 0 bridgehead atoms. The fourth-order valence-corrected chi connectivity index (χ4v) is 7.99. The second kappa shape index (κ2) is 9.76. The number of hydrogen-bond acceptors (Lipinski definition) is 0. The maximum Gasteiger partial charge on any atom is -0.00203 e. The van der Waals surface area contributed by atoms with Crippen LogP contribution in [0.5, 0.6) is 0 Å². The standard InChI is InChI=1S/C46H28/c1-3-9-29(10-4-1)45(39-27-23-35-19-17-31-13-7-15-33-21-25-37(39)43(35)41(31)33)46(30-11-5-2-6-12-30)40-28-24-36-20-18-32-14-8-16-34-22-26-38(40)44(36)42(32)34/h1-28H/b46-45-. The monoisotopic (exact) mass is 580 g/mol. The molecule has 0 saturated heterocycles. The van der Waals surface area contributed by atoms with Gasteiger partial charge >= 0.3 is 0 Å². The summed E-state index contributed by atoms with van der Waals surface area (Å²) in [6.45, 7) is 0. The molecule has 0 radical (unpaired) electrons. The van der Waals surface area contributed by atoms with Crippen LogP contribution in [-0.4, -0.2) is 0 Å². The minimum Gasteiger partial charge on any atom is -0.0622 e. The lowest BCUT2D eigenvalue weighted by atomic mass is 9.80. The van der Waals surface area contributed by atoms with Crippen molar-refractivity contribution in [3.63, 3.8) is 0 Å². The second-order valence-electron chi connectivity index (χ2n) is 12.4. The van der Waals surface area contributed by atoms with Crippen LogP contribution < -0.4 is 0 Å². The van der Waals surface area contributed by atoms with Gasteiger partial charge in [0.2, 0.25) is 0 Å². The van der Waals surface area contributed by atoms with Crippen molar-refractivity contribution in [2.24, 2.45) is 0 Å². The SMILES string of the molecule is c1ccc(/C(=C(\c2ccccc2)c2ccc3ccc4cccc5ccc2c3c45)c2ccc3ccc4cccc5ccc2c3c45)cc1. The van der Waals surface area contributed by atoms with E-state index in [-0.39, 0.29) is 0 Å². The Bertz CT molecular complexity index is 2540. The molecule has 0 atom stereocenters. The minimum atomic E-state index is 1.21. The fraction of sp³-hybridized carbons (Fsp3) is 0. The van der Waals surface area contributed by atoms with Crippen molar-refractivity contribution >= 4 is 75.8 Å².